The first-order valence-electron chi connectivity index (χ1n) is 3.55. The topological polar surface area (TPSA) is 40.5 Å². The quantitative estimate of drug-likeness (QED) is 0.359. The average molecular weight is 178 g/mol. The molecule has 3 heteroatoms. The van der Waals surface area contributed by atoms with E-state index in [2.05, 4.69) is 38.1 Å². The second-order valence-electron chi connectivity index (χ2n) is 2.57. The predicted molar refractivity (Wildman–Crippen MR) is 46.9 cm³/mol. The van der Waals surface area contributed by atoms with Gasteiger partial charge in [-0.25, -0.2) is 0 Å². The molecule has 0 aromatic heterocycles. The van der Waals surface area contributed by atoms with E-state index < -0.39 is 0 Å². The zero-order valence-electron chi connectivity index (χ0n) is 8.86. The molecule has 0 bridgehead atoms. The molecule has 2 nitrogen and oxygen atoms in total. The summed E-state index contributed by atoms with van der Waals surface area (Å²) in [6, 6.07) is 10.5. The van der Waals surface area contributed by atoms with Crippen molar-refractivity contribution >= 4 is 0 Å². The van der Waals surface area contributed by atoms with Gasteiger partial charge in [-0.1, -0.05) is 44.2 Å². The number of rotatable bonds is 1. The second kappa shape index (κ2) is 9.23. The Hall–Kier alpha value is 0.140. The van der Waals surface area contributed by atoms with E-state index in [0.29, 0.717) is 5.92 Å². The summed E-state index contributed by atoms with van der Waals surface area (Å²) in [5.41, 5.74) is 1.41. The van der Waals surface area contributed by atoms with E-state index in [9.17, 15) is 0 Å². The molecule has 1 aromatic rings. The molecular weight excluding hydrogens is 163 g/mol. The van der Waals surface area contributed by atoms with Gasteiger partial charge in [0, 0.05) is 0 Å². The van der Waals surface area contributed by atoms with E-state index in [-0.39, 0.29) is 31.0 Å². The molecule has 0 saturated heterocycles. The van der Waals surface area contributed by atoms with Crippen molar-refractivity contribution < 1.29 is 41.5 Å². The van der Waals surface area contributed by atoms with Crippen molar-refractivity contribution in [3.05, 3.63) is 35.9 Å². The number of hydrogen-bond acceptors (Lipinski definition) is 2. The maximum absolute atomic E-state index is 6.00. The third kappa shape index (κ3) is 5.75. The van der Waals surface area contributed by atoms with Crippen LogP contribution < -0.4 is 29.6 Å². The Balaban J connectivity index is -0.000000234. The molecule has 2 N–H and O–H groups in total. The minimum Gasteiger partial charge on any atom is -1.00 e. The Kier molecular flexibility index (Phi) is 11.3. The molecule has 0 heterocycles. The third-order valence-electron chi connectivity index (χ3n) is 1.47. The molecule has 0 saturated carbocycles. The first kappa shape index (κ1) is 14.7. The van der Waals surface area contributed by atoms with Crippen LogP contribution in [0.3, 0.4) is 0 Å². The summed E-state index contributed by atoms with van der Waals surface area (Å²) in [5.74, 6) is 0.659. The van der Waals surface area contributed by atoms with Gasteiger partial charge in [0.25, 0.3) is 0 Å². The molecule has 0 radical (unpaired) electrons. The van der Waals surface area contributed by atoms with Crippen molar-refractivity contribution in [3.8, 4) is 0 Å². The molecule has 1 rings (SSSR count). The fourth-order valence-corrected chi connectivity index (χ4v) is 0.838. The maximum Gasteiger partial charge on any atom is 1.00 e. The fourth-order valence-electron chi connectivity index (χ4n) is 0.838. The van der Waals surface area contributed by atoms with Gasteiger partial charge in [0.2, 0.25) is 0 Å². The van der Waals surface area contributed by atoms with Gasteiger partial charge in [0.05, 0.1) is 0 Å². The van der Waals surface area contributed by atoms with Gasteiger partial charge in [0.15, 0.2) is 0 Å². The number of hydrogen-bond donors (Lipinski definition) is 2. The molecular formula is C9H15NaO2. The normalized spacial score (nSPS) is 8.08. The molecule has 0 amide bonds. The molecule has 0 spiro atoms. The van der Waals surface area contributed by atoms with Crippen LogP contribution in [0.15, 0.2) is 30.3 Å². The van der Waals surface area contributed by atoms with Crippen LogP contribution in [-0.4, -0.2) is 10.5 Å². The van der Waals surface area contributed by atoms with Gasteiger partial charge in [0.1, 0.15) is 0 Å². The number of benzene rings is 1. The Morgan fingerprint density at radius 1 is 1.08 bits per heavy atom. The molecule has 1 aromatic carbocycles. The zero-order chi connectivity index (χ0) is 8.69. The van der Waals surface area contributed by atoms with Crippen LogP contribution >= 0.6 is 0 Å². The second-order valence-corrected chi connectivity index (χ2v) is 2.57. The summed E-state index contributed by atoms with van der Waals surface area (Å²) >= 11 is 0. The van der Waals surface area contributed by atoms with E-state index in [4.69, 9.17) is 10.5 Å². The van der Waals surface area contributed by atoms with E-state index in [1.54, 1.807) is 0 Å². The van der Waals surface area contributed by atoms with E-state index >= 15 is 0 Å². The largest absolute Gasteiger partial charge is 1.00 e. The summed E-state index contributed by atoms with van der Waals surface area (Å²) in [5, 5.41) is 12.0. The molecule has 0 fully saturated rings. The van der Waals surface area contributed by atoms with Gasteiger partial charge < -0.3 is 1.43 Å². The summed E-state index contributed by atoms with van der Waals surface area (Å²) in [4.78, 5) is 0. The maximum atomic E-state index is 6.00. The predicted octanol–water partition coefficient (Wildman–Crippen LogP) is -0.0561. The van der Waals surface area contributed by atoms with Gasteiger partial charge >= 0.3 is 29.6 Å². The van der Waals surface area contributed by atoms with Gasteiger partial charge in [-0.2, -0.15) is 0 Å². The molecule has 0 aliphatic heterocycles. The minimum absolute atomic E-state index is 0. The Labute approximate surface area is 96.9 Å². The van der Waals surface area contributed by atoms with Crippen LogP contribution in [0.2, 0.25) is 0 Å². The molecule has 0 aliphatic rings. The van der Waals surface area contributed by atoms with E-state index in [1.807, 2.05) is 6.07 Å². The molecule has 12 heavy (non-hydrogen) atoms. The van der Waals surface area contributed by atoms with Crippen molar-refractivity contribution in [3.63, 3.8) is 0 Å². The van der Waals surface area contributed by atoms with Crippen molar-refractivity contribution in [2.75, 3.05) is 0 Å². The van der Waals surface area contributed by atoms with Crippen LogP contribution in [0, 0.1) is 0 Å². The van der Waals surface area contributed by atoms with Crippen LogP contribution in [0.4, 0.5) is 0 Å². The van der Waals surface area contributed by atoms with Gasteiger partial charge in [-0.15, -0.1) is 0 Å². The SMILES string of the molecule is CC(C)c1ccccc1.OO.[H-].[Na+]. The Morgan fingerprint density at radius 3 is 1.75 bits per heavy atom. The van der Waals surface area contributed by atoms with Gasteiger partial charge in [-0.05, 0) is 11.5 Å². The molecule has 0 aliphatic carbocycles. The van der Waals surface area contributed by atoms with E-state index in [0.717, 1.165) is 0 Å². The molecule has 0 unspecified atom stereocenters. The van der Waals surface area contributed by atoms with E-state index in [1.165, 1.54) is 5.56 Å². The first-order chi connectivity index (χ1) is 5.30. The summed E-state index contributed by atoms with van der Waals surface area (Å²) in [7, 11) is 0. The zero-order valence-corrected chi connectivity index (χ0v) is 9.86. The Bertz CT molecular complexity index is 180. The van der Waals surface area contributed by atoms with Crippen LogP contribution in [0.1, 0.15) is 26.8 Å². The van der Waals surface area contributed by atoms with Crippen LogP contribution in [-0.2, 0) is 0 Å². The van der Waals surface area contributed by atoms with Crippen molar-refractivity contribution in [2.24, 2.45) is 0 Å². The standard InChI is InChI=1S/C9H12.Na.H2O2.H/c1-8(2)9-6-4-3-5-7-9;;1-2;/h3-8H,1-2H3;;1-2H;/q;+1;;-1. The monoisotopic (exact) mass is 178 g/mol. The smallest absolute Gasteiger partial charge is 1.00 e. The first-order valence-corrected chi connectivity index (χ1v) is 3.55. The van der Waals surface area contributed by atoms with Crippen molar-refractivity contribution in [1.82, 2.24) is 0 Å². The fraction of sp³-hybridized carbons (Fsp3) is 0.333. The van der Waals surface area contributed by atoms with Crippen molar-refractivity contribution in [1.29, 1.82) is 0 Å². The Morgan fingerprint density at radius 2 is 1.50 bits per heavy atom. The summed E-state index contributed by atoms with van der Waals surface area (Å²) in [6.45, 7) is 4.41. The van der Waals surface area contributed by atoms with Crippen LogP contribution in [0.25, 0.3) is 0 Å². The average Bonchev–Trinajstić information content (AvgIpc) is 2.10. The molecule has 0 atom stereocenters. The molecule has 64 valence electrons. The summed E-state index contributed by atoms with van der Waals surface area (Å²) in [6.07, 6.45) is 0. The minimum atomic E-state index is 0. The van der Waals surface area contributed by atoms with Gasteiger partial charge in [-0.3, -0.25) is 10.5 Å². The van der Waals surface area contributed by atoms with Crippen molar-refractivity contribution in [2.45, 2.75) is 19.8 Å². The van der Waals surface area contributed by atoms with Crippen LogP contribution in [0.5, 0.6) is 0 Å². The summed E-state index contributed by atoms with van der Waals surface area (Å²) < 4.78 is 0. The third-order valence-corrected chi connectivity index (χ3v) is 1.47.